The van der Waals surface area contributed by atoms with E-state index >= 15 is 0 Å². The van der Waals surface area contributed by atoms with Gasteiger partial charge in [-0.2, -0.15) is 0 Å². The predicted octanol–water partition coefficient (Wildman–Crippen LogP) is 2.76. The lowest BCUT2D eigenvalue weighted by Crippen LogP contribution is -2.50. The highest BCUT2D eigenvalue weighted by Gasteiger charge is 2.22. The van der Waals surface area contributed by atoms with Gasteiger partial charge in [-0.25, -0.2) is 0 Å². The van der Waals surface area contributed by atoms with Gasteiger partial charge in [-0.05, 0) is 48.2 Å². The Morgan fingerprint density at radius 3 is 2.39 bits per heavy atom. The van der Waals surface area contributed by atoms with Gasteiger partial charge in [0, 0.05) is 44.8 Å². The Morgan fingerprint density at radius 2 is 1.72 bits per heavy atom. The van der Waals surface area contributed by atoms with Crippen LogP contribution in [0.25, 0.3) is 0 Å². The average molecular weight is 493 g/mol. The van der Waals surface area contributed by atoms with E-state index in [4.69, 9.17) is 5.41 Å². The van der Waals surface area contributed by atoms with Crippen LogP contribution < -0.4 is 5.32 Å². The Balaban J connectivity index is 1.47. The number of aliphatic hydroxyl groups excluding tert-OH is 1. The van der Waals surface area contributed by atoms with Gasteiger partial charge in [-0.15, -0.1) is 0 Å². The monoisotopic (exact) mass is 492 g/mol. The minimum absolute atomic E-state index is 0.0649. The van der Waals surface area contributed by atoms with E-state index in [1.54, 1.807) is 18.2 Å². The molecule has 2 atom stereocenters. The molecule has 3 rings (SSSR count). The number of hydrogen-bond donors (Lipinski definition) is 5. The molecule has 8 heteroatoms. The van der Waals surface area contributed by atoms with E-state index in [0.29, 0.717) is 44.0 Å². The molecule has 2 aromatic rings. The molecule has 0 bridgehead atoms. The average Bonchev–Trinajstić information content (AvgIpc) is 2.85. The van der Waals surface area contributed by atoms with E-state index in [0.717, 1.165) is 17.5 Å². The summed E-state index contributed by atoms with van der Waals surface area (Å²) >= 11 is 0. The summed E-state index contributed by atoms with van der Waals surface area (Å²) in [4.78, 5) is 16.7. The summed E-state index contributed by atoms with van der Waals surface area (Å²) in [6.07, 6.45) is 5.29. The maximum absolute atomic E-state index is 12.9. The van der Waals surface area contributed by atoms with Crippen molar-refractivity contribution in [1.82, 2.24) is 15.1 Å². The SMILES string of the molecule is C=C/C=C\C(=N)N1CCN(C(=O)Cc2cccc(C[C@@H](C)NC[C@H](O)c3cc(O)cc(O)c3)c2)CC1. The molecule has 0 aromatic heterocycles. The van der Waals surface area contributed by atoms with Gasteiger partial charge in [-0.1, -0.05) is 43.0 Å². The number of carbonyl (C=O) groups is 1. The molecular formula is C28H36N4O4. The summed E-state index contributed by atoms with van der Waals surface area (Å²) in [5.41, 5.74) is 2.50. The molecule has 1 heterocycles. The summed E-state index contributed by atoms with van der Waals surface area (Å²) in [7, 11) is 0. The van der Waals surface area contributed by atoms with Gasteiger partial charge < -0.3 is 30.4 Å². The Labute approximate surface area is 212 Å². The summed E-state index contributed by atoms with van der Waals surface area (Å²) < 4.78 is 0. The van der Waals surface area contributed by atoms with Crippen LogP contribution in [0.2, 0.25) is 0 Å². The van der Waals surface area contributed by atoms with Crippen LogP contribution in [0, 0.1) is 5.41 Å². The Morgan fingerprint density at radius 1 is 1.08 bits per heavy atom. The van der Waals surface area contributed by atoms with Crippen molar-refractivity contribution in [1.29, 1.82) is 5.41 Å². The molecule has 192 valence electrons. The number of piperazine rings is 1. The molecule has 8 nitrogen and oxygen atoms in total. The Kier molecular flexibility index (Phi) is 9.67. The molecule has 1 saturated heterocycles. The lowest BCUT2D eigenvalue weighted by Gasteiger charge is -2.35. The minimum atomic E-state index is -0.864. The first-order valence-corrected chi connectivity index (χ1v) is 12.2. The van der Waals surface area contributed by atoms with E-state index < -0.39 is 6.10 Å². The molecular weight excluding hydrogens is 456 g/mol. The number of phenolic OH excluding ortho intramolecular Hbond substituents is 2. The molecule has 1 aliphatic heterocycles. The van der Waals surface area contributed by atoms with Gasteiger partial charge in [0.05, 0.1) is 12.5 Å². The molecule has 1 aliphatic rings. The zero-order valence-electron chi connectivity index (χ0n) is 20.7. The topological polar surface area (TPSA) is 120 Å². The van der Waals surface area contributed by atoms with Crippen molar-refractivity contribution < 1.29 is 20.1 Å². The van der Waals surface area contributed by atoms with Crippen molar-refractivity contribution in [3.05, 3.63) is 84.0 Å². The van der Waals surface area contributed by atoms with Crippen LogP contribution >= 0.6 is 0 Å². The highest BCUT2D eigenvalue weighted by Crippen LogP contribution is 2.24. The third-order valence-corrected chi connectivity index (χ3v) is 6.22. The molecule has 0 spiro atoms. The normalized spacial score (nSPS) is 15.6. The number of aliphatic hydroxyl groups is 1. The Bertz CT molecular complexity index is 1070. The molecule has 0 saturated carbocycles. The molecule has 1 amide bonds. The van der Waals surface area contributed by atoms with E-state index in [1.165, 1.54) is 18.2 Å². The van der Waals surface area contributed by atoms with E-state index in [2.05, 4.69) is 11.9 Å². The number of benzene rings is 2. The fourth-order valence-electron chi connectivity index (χ4n) is 4.28. The minimum Gasteiger partial charge on any atom is -0.508 e. The van der Waals surface area contributed by atoms with Crippen LogP contribution in [0.1, 0.15) is 29.7 Å². The molecule has 2 aromatic carbocycles. The quantitative estimate of drug-likeness (QED) is 0.198. The van der Waals surface area contributed by atoms with Crippen LogP contribution in [0.3, 0.4) is 0 Å². The van der Waals surface area contributed by atoms with Crippen LogP contribution in [-0.2, 0) is 17.6 Å². The van der Waals surface area contributed by atoms with Gasteiger partial charge in [0.2, 0.25) is 5.91 Å². The standard InChI is InChI=1S/C28H36N4O4/c1-3-4-8-27(29)31-9-11-32(12-10-31)28(36)15-22-7-5-6-21(14-22)13-20(2)30-19-26(35)23-16-24(33)18-25(34)17-23/h3-8,14,16-18,20,26,29-30,33-35H,1,9-13,15,19H2,2H3/b8-4-,29-27?/t20-,26+/m1/s1. The predicted molar refractivity (Wildman–Crippen MR) is 141 cm³/mol. The number of carbonyl (C=O) groups excluding carboxylic acids is 1. The first kappa shape index (κ1) is 27.0. The molecule has 36 heavy (non-hydrogen) atoms. The number of nitrogens with zero attached hydrogens (tertiary/aromatic N) is 2. The number of rotatable bonds is 10. The summed E-state index contributed by atoms with van der Waals surface area (Å²) in [6.45, 7) is 8.40. The van der Waals surface area contributed by atoms with Crippen LogP contribution in [0.4, 0.5) is 0 Å². The maximum atomic E-state index is 12.9. The number of aromatic hydroxyl groups is 2. The van der Waals surface area contributed by atoms with Crippen molar-refractivity contribution >= 4 is 11.7 Å². The van der Waals surface area contributed by atoms with Crippen molar-refractivity contribution in [2.75, 3.05) is 32.7 Å². The lowest BCUT2D eigenvalue weighted by atomic mass is 10.0. The highest BCUT2D eigenvalue weighted by molar-refractivity contribution is 5.90. The fraction of sp³-hybridized carbons (Fsp3) is 0.357. The number of phenols is 2. The third-order valence-electron chi connectivity index (χ3n) is 6.22. The van der Waals surface area contributed by atoms with Crippen molar-refractivity contribution in [3.8, 4) is 11.5 Å². The van der Waals surface area contributed by atoms with E-state index in [-0.39, 0.29) is 30.0 Å². The van der Waals surface area contributed by atoms with Gasteiger partial charge in [0.25, 0.3) is 0 Å². The number of hydrogen-bond acceptors (Lipinski definition) is 6. The van der Waals surface area contributed by atoms with Gasteiger partial charge in [-0.3, -0.25) is 10.2 Å². The van der Waals surface area contributed by atoms with Crippen LogP contribution in [0.15, 0.2) is 67.3 Å². The number of nitrogens with one attached hydrogen (secondary N) is 2. The van der Waals surface area contributed by atoms with Crippen molar-refractivity contribution in [2.24, 2.45) is 0 Å². The highest BCUT2D eigenvalue weighted by atomic mass is 16.3. The number of amides is 1. The van der Waals surface area contributed by atoms with Gasteiger partial charge >= 0.3 is 0 Å². The van der Waals surface area contributed by atoms with E-state index in [9.17, 15) is 20.1 Å². The molecule has 5 N–H and O–H groups in total. The van der Waals surface area contributed by atoms with Crippen LogP contribution in [0.5, 0.6) is 11.5 Å². The smallest absolute Gasteiger partial charge is 0.227 e. The molecule has 0 radical (unpaired) electrons. The molecule has 0 aliphatic carbocycles. The number of allylic oxidation sites excluding steroid dienone is 2. The summed E-state index contributed by atoms with van der Waals surface area (Å²) in [6, 6.07) is 12.1. The molecule has 1 fully saturated rings. The zero-order chi connectivity index (χ0) is 26.1. The molecule has 0 unspecified atom stereocenters. The second-order valence-corrected chi connectivity index (χ2v) is 9.16. The third kappa shape index (κ3) is 7.96. The second kappa shape index (κ2) is 12.9. The zero-order valence-corrected chi connectivity index (χ0v) is 20.7. The lowest BCUT2D eigenvalue weighted by molar-refractivity contribution is -0.131. The van der Waals surface area contributed by atoms with Gasteiger partial charge in [0.15, 0.2) is 0 Å². The van der Waals surface area contributed by atoms with Crippen molar-refractivity contribution in [3.63, 3.8) is 0 Å². The first-order chi connectivity index (χ1) is 17.2. The largest absolute Gasteiger partial charge is 0.508 e. The fourth-order valence-corrected chi connectivity index (χ4v) is 4.28. The summed E-state index contributed by atoms with van der Waals surface area (Å²) in [5, 5.41) is 41.0. The van der Waals surface area contributed by atoms with Crippen molar-refractivity contribution in [2.45, 2.75) is 31.9 Å². The Hall–Kier alpha value is -3.62. The second-order valence-electron chi connectivity index (χ2n) is 9.16. The van der Waals surface area contributed by atoms with E-state index in [1.807, 2.05) is 41.0 Å². The first-order valence-electron chi connectivity index (χ1n) is 12.2. The summed E-state index contributed by atoms with van der Waals surface area (Å²) in [5.74, 6) is 0.338. The van der Waals surface area contributed by atoms with Crippen LogP contribution in [-0.4, -0.2) is 75.6 Å². The maximum Gasteiger partial charge on any atom is 0.227 e. The van der Waals surface area contributed by atoms with Gasteiger partial charge in [0.1, 0.15) is 17.3 Å². The number of amidine groups is 1.